The number of nitrogens with one attached hydrogen (secondary N) is 2. The van der Waals surface area contributed by atoms with E-state index in [-0.39, 0.29) is 29.7 Å². The molecule has 0 aliphatic rings. The second kappa shape index (κ2) is 10.4. The molecule has 0 bridgehead atoms. The van der Waals surface area contributed by atoms with Gasteiger partial charge in [0.15, 0.2) is 5.69 Å². The van der Waals surface area contributed by atoms with Crippen molar-refractivity contribution in [3.8, 4) is 5.69 Å². The zero-order valence-corrected chi connectivity index (χ0v) is 14.7. The fourth-order valence-electron chi connectivity index (χ4n) is 2.09. The van der Waals surface area contributed by atoms with Crippen LogP contribution < -0.4 is 16.4 Å². The first-order chi connectivity index (χ1) is 11.6. The van der Waals surface area contributed by atoms with E-state index in [1.54, 1.807) is 19.2 Å². The number of nitrogens with zero attached hydrogens (tertiary/aromatic N) is 2. The summed E-state index contributed by atoms with van der Waals surface area (Å²) in [6, 6.07) is 10.4. The first-order valence-corrected chi connectivity index (χ1v) is 7.56. The largest absolute Gasteiger partial charge is 0.383 e. The minimum absolute atomic E-state index is 0. The van der Waals surface area contributed by atoms with Gasteiger partial charge in [0.05, 0.1) is 12.3 Å². The molecule has 0 unspecified atom stereocenters. The Morgan fingerprint density at radius 1 is 1.20 bits per heavy atom. The molecule has 2 aromatic rings. The summed E-state index contributed by atoms with van der Waals surface area (Å²) >= 11 is 0. The molecule has 25 heavy (non-hydrogen) atoms. The van der Waals surface area contributed by atoms with Gasteiger partial charge in [0.1, 0.15) is 5.69 Å². The molecular formula is C16H22ClN5O3. The Balaban J connectivity index is 0.00000312. The number of nitrogens with two attached hydrogens (primary N) is 1. The maximum absolute atomic E-state index is 12.2. The van der Waals surface area contributed by atoms with Gasteiger partial charge in [-0.25, -0.2) is 4.68 Å². The Morgan fingerprint density at radius 3 is 2.56 bits per heavy atom. The lowest BCUT2D eigenvalue weighted by atomic mass is 10.3. The molecule has 0 atom stereocenters. The van der Waals surface area contributed by atoms with Crippen molar-refractivity contribution in [2.24, 2.45) is 5.73 Å². The zero-order chi connectivity index (χ0) is 17.4. The number of halogens is 1. The topological polar surface area (TPSA) is 111 Å². The van der Waals surface area contributed by atoms with Gasteiger partial charge in [0.2, 0.25) is 0 Å². The van der Waals surface area contributed by atoms with Crippen LogP contribution in [0.25, 0.3) is 5.69 Å². The van der Waals surface area contributed by atoms with Crippen LogP contribution >= 0.6 is 12.4 Å². The number of primary amides is 1. The zero-order valence-electron chi connectivity index (χ0n) is 13.9. The minimum atomic E-state index is -0.647. The van der Waals surface area contributed by atoms with Gasteiger partial charge in [-0.05, 0) is 12.1 Å². The van der Waals surface area contributed by atoms with Crippen LogP contribution in [0.3, 0.4) is 0 Å². The number of amides is 2. The van der Waals surface area contributed by atoms with E-state index in [4.69, 9.17) is 10.5 Å². The molecule has 1 heterocycles. The quantitative estimate of drug-likeness (QED) is 0.554. The molecule has 0 aliphatic carbocycles. The average molecular weight is 368 g/mol. The summed E-state index contributed by atoms with van der Waals surface area (Å²) in [6.45, 7) is 2.36. The standard InChI is InChI=1S/C16H21N5O3.ClH/c1-24-10-9-18-7-8-19-16(23)13-11-14(15(17)22)21(20-13)12-5-3-2-4-6-12;/h2-6,11,18H,7-10H2,1H3,(H2,17,22)(H,19,23);1H. The van der Waals surface area contributed by atoms with Crippen LogP contribution in [0.15, 0.2) is 36.4 Å². The Kier molecular flexibility index (Phi) is 8.62. The Labute approximate surface area is 152 Å². The predicted molar refractivity (Wildman–Crippen MR) is 96.4 cm³/mol. The van der Waals surface area contributed by atoms with Gasteiger partial charge in [-0.2, -0.15) is 5.10 Å². The molecule has 4 N–H and O–H groups in total. The van der Waals surface area contributed by atoms with E-state index >= 15 is 0 Å². The van der Waals surface area contributed by atoms with Crippen LogP contribution in [0.4, 0.5) is 0 Å². The number of carbonyl (C=O) groups is 2. The molecule has 1 aromatic heterocycles. The van der Waals surface area contributed by atoms with Crippen LogP contribution in [-0.4, -0.2) is 54.9 Å². The highest BCUT2D eigenvalue weighted by atomic mass is 35.5. The molecule has 8 nitrogen and oxygen atoms in total. The Bertz CT molecular complexity index is 690. The summed E-state index contributed by atoms with van der Waals surface area (Å²) in [7, 11) is 1.63. The second-order valence-electron chi connectivity index (χ2n) is 5.03. The summed E-state index contributed by atoms with van der Waals surface area (Å²) in [5, 5.41) is 10.0. The minimum Gasteiger partial charge on any atom is -0.383 e. The highest BCUT2D eigenvalue weighted by Crippen LogP contribution is 2.12. The van der Waals surface area contributed by atoms with Crippen LogP contribution in [0.5, 0.6) is 0 Å². The van der Waals surface area contributed by atoms with Crippen LogP contribution in [0, 0.1) is 0 Å². The van der Waals surface area contributed by atoms with Gasteiger partial charge in [-0.15, -0.1) is 12.4 Å². The lowest BCUT2D eigenvalue weighted by molar-refractivity contribution is 0.0947. The van der Waals surface area contributed by atoms with Crippen molar-refractivity contribution in [3.05, 3.63) is 47.8 Å². The van der Waals surface area contributed by atoms with Gasteiger partial charge >= 0.3 is 0 Å². The number of hydrogen-bond donors (Lipinski definition) is 3. The van der Waals surface area contributed by atoms with Crippen molar-refractivity contribution in [1.82, 2.24) is 20.4 Å². The number of methoxy groups -OCH3 is 1. The van der Waals surface area contributed by atoms with Crippen molar-refractivity contribution in [1.29, 1.82) is 0 Å². The SMILES string of the molecule is COCCNCCNC(=O)c1cc(C(N)=O)n(-c2ccccc2)n1.Cl. The Hall–Kier alpha value is -2.42. The van der Waals surface area contributed by atoms with Crippen LogP contribution in [0.1, 0.15) is 21.0 Å². The number of hydrogen-bond acceptors (Lipinski definition) is 5. The summed E-state index contributed by atoms with van der Waals surface area (Å²) in [6.07, 6.45) is 0. The van der Waals surface area contributed by atoms with E-state index in [1.807, 2.05) is 18.2 Å². The molecule has 0 saturated carbocycles. The van der Waals surface area contributed by atoms with Gasteiger partial charge in [-0.1, -0.05) is 18.2 Å². The molecular weight excluding hydrogens is 346 g/mol. The molecule has 0 fully saturated rings. The van der Waals surface area contributed by atoms with Gasteiger partial charge < -0.3 is 21.1 Å². The highest BCUT2D eigenvalue weighted by Gasteiger charge is 2.18. The van der Waals surface area contributed by atoms with Crippen molar-refractivity contribution in [2.75, 3.05) is 33.4 Å². The summed E-state index contributed by atoms with van der Waals surface area (Å²) < 4.78 is 6.28. The lowest BCUT2D eigenvalue weighted by Crippen LogP contribution is -2.33. The van der Waals surface area contributed by atoms with Crippen LogP contribution in [0.2, 0.25) is 0 Å². The molecule has 136 valence electrons. The third-order valence-corrected chi connectivity index (χ3v) is 3.27. The van der Waals surface area contributed by atoms with E-state index in [0.717, 1.165) is 0 Å². The fourth-order valence-corrected chi connectivity index (χ4v) is 2.09. The average Bonchev–Trinajstić information content (AvgIpc) is 3.04. The van der Waals surface area contributed by atoms with Crippen LogP contribution in [-0.2, 0) is 4.74 Å². The summed E-state index contributed by atoms with van der Waals surface area (Å²) in [5.74, 6) is -1.01. The third kappa shape index (κ3) is 5.86. The highest BCUT2D eigenvalue weighted by molar-refractivity contribution is 5.97. The lowest BCUT2D eigenvalue weighted by Gasteiger charge is -2.05. The van der Waals surface area contributed by atoms with E-state index in [9.17, 15) is 9.59 Å². The van der Waals surface area contributed by atoms with Crippen molar-refractivity contribution in [3.63, 3.8) is 0 Å². The second-order valence-corrected chi connectivity index (χ2v) is 5.03. The number of benzene rings is 1. The number of para-hydroxylation sites is 1. The number of aromatic nitrogens is 2. The molecule has 1 aromatic carbocycles. The molecule has 0 saturated heterocycles. The number of carbonyl (C=O) groups excluding carboxylic acids is 2. The third-order valence-electron chi connectivity index (χ3n) is 3.27. The number of ether oxygens (including phenoxy) is 1. The first-order valence-electron chi connectivity index (χ1n) is 7.56. The van der Waals surface area contributed by atoms with Gasteiger partial charge in [0.25, 0.3) is 11.8 Å². The van der Waals surface area contributed by atoms with Crippen molar-refractivity contribution < 1.29 is 14.3 Å². The molecule has 9 heteroatoms. The smallest absolute Gasteiger partial charge is 0.271 e. The van der Waals surface area contributed by atoms with E-state index < -0.39 is 5.91 Å². The van der Waals surface area contributed by atoms with Gasteiger partial charge in [0, 0.05) is 32.8 Å². The fraction of sp³-hybridized carbons (Fsp3) is 0.312. The molecule has 0 radical (unpaired) electrons. The summed E-state index contributed by atoms with van der Waals surface area (Å²) in [5.41, 5.74) is 6.34. The first kappa shape index (κ1) is 20.6. The van der Waals surface area contributed by atoms with E-state index in [0.29, 0.717) is 31.9 Å². The molecule has 2 amide bonds. The summed E-state index contributed by atoms with van der Waals surface area (Å²) in [4.78, 5) is 23.8. The van der Waals surface area contributed by atoms with Crippen molar-refractivity contribution in [2.45, 2.75) is 0 Å². The van der Waals surface area contributed by atoms with E-state index in [1.165, 1.54) is 10.7 Å². The monoisotopic (exact) mass is 367 g/mol. The van der Waals surface area contributed by atoms with Crippen molar-refractivity contribution >= 4 is 24.2 Å². The maximum Gasteiger partial charge on any atom is 0.271 e. The molecule has 0 spiro atoms. The predicted octanol–water partition coefficient (Wildman–Crippen LogP) is 0.359. The number of rotatable bonds is 9. The maximum atomic E-state index is 12.2. The Morgan fingerprint density at radius 2 is 1.92 bits per heavy atom. The molecule has 2 rings (SSSR count). The molecule has 0 aliphatic heterocycles. The normalized spacial score (nSPS) is 10.1. The van der Waals surface area contributed by atoms with E-state index in [2.05, 4.69) is 15.7 Å². The van der Waals surface area contributed by atoms with Gasteiger partial charge in [-0.3, -0.25) is 9.59 Å².